The smallest absolute Gasteiger partial charge is 0.177 e. The van der Waals surface area contributed by atoms with Gasteiger partial charge in [-0.3, -0.25) is 0 Å². The number of rotatable bonds is 3. The molecule has 2 rings (SSSR count). The molecule has 1 N–H and O–H groups in total. The minimum absolute atomic E-state index is 0.387. The SMILES string of the molecule is Cc1cccc(C(O)Cc2nnn(C)n2)c1C. The molecule has 0 radical (unpaired) electrons. The standard InChI is InChI=1S/C12H16N4O/c1-8-5-4-6-10(9(8)2)11(17)7-12-13-15-16(3)14-12/h4-6,11,17H,7H2,1-3H3. The van der Waals surface area contributed by atoms with Gasteiger partial charge in [0.2, 0.25) is 0 Å². The summed E-state index contributed by atoms with van der Waals surface area (Å²) in [6.45, 7) is 4.05. The van der Waals surface area contributed by atoms with E-state index < -0.39 is 6.10 Å². The Balaban J connectivity index is 2.20. The first-order chi connectivity index (χ1) is 8.08. The van der Waals surface area contributed by atoms with Crippen molar-refractivity contribution in [3.05, 3.63) is 40.7 Å². The van der Waals surface area contributed by atoms with Gasteiger partial charge in [-0.05, 0) is 35.8 Å². The van der Waals surface area contributed by atoms with E-state index in [1.54, 1.807) is 7.05 Å². The molecule has 0 aliphatic carbocycles. The normalized spacial score (nSPS) is 12.7. The highest BCUT2D eigenvalue weighted by Crippen LogP contribution is 2.22. The monoisotopic (exact) mass is 232 g/mol. The van der Waals surface area contributed by atoms with E-state index in [9.17, 15) is 5.11 Å². The van der Waals surface area contributed by atoms with Crippen LogP contribution in [-0.2, 0) is 13.5 Å². The van der Waals surface area contributed by atoms with Crippen molar-refractivity contribution < 1.29 is 5.11 Å². The third kappa shape index (κ3) is 2.50. The van der Waals surface area contributed by atoms with Gasteiger partial charge in [-0.15, -0.1) is 10.2 Å². The van der Waals surface area contributed by atoms with E-state index in [1.165, 1.54) is 10.4 Å². The van der Waals surface area contributed by atoms with E-state index in [-0.39, 0.29) is 0 Å². The third-order valence-electron chi connectivity index (χ3n) is 2.93. The summed E-state index contributed by atoms with van der Waals surface area (Å²) in [5.74, 6) is 0.556. The number of hydrogen-bond donors (Lipinski definition) is 1. The van der Waals surface area contributed by atoms with Gasteiger partial charge >= 0.3 is 0 Å². The summed E-state index contributed by atoms with van der Waals surface area (Å²) < 4.78 is 0. The van der Waals surface area contributed by atoms with Crippen LogP contribution in [0, 0.1) is 13.8 Å². The van der Waals surface area contributed by atoms with Crippen LogP contribution in [0.15, 0.2) is 18.2 Å². The fourth-order valence-electron chi connectivity index (χ4n) is 1.82. The second-order valence-electron chi connectivity index (χ2n) is 4.20. The summed E-state index contributed by atoms with van der Waals surface area (Å²) in [6.07, 6.45) is -0.197. The van der Waals surface area contributed by atoms with Gasteiger partial charge in [-0.25, -0.2) is 0 Å². The lowest BCUT2D eigenvalue weighted by atomic mass is 9.97. The highest BCUT2D eigenvalue weighted by atomic mass is 16.3. The van der Waals surface area contributed by atoms with E-state index in [4.69, 9.17) is 0 Å². The lowest BCUT2D eigenvalue weighted by Gasteiger charge is -2.13. The maximum absolute atomic E-state index is 10.2. The molecule has 0 saturated heterocycles. The minimum atomic E-state index is -0.584. The van der Waals surface area contributed by atoms with Crippen molar-refractivity contribution in [2.24, 2.45) is 7.05 Å². The quantitative estimate of drug-likeness (QED) is 0.860. The van der Waals surface area contributed by atoms with Gasteiger partial charge in [0.15, 0.2) is 5.82 Å². The van der Waals surface area contributed by atoms with Gasteiger partial charge in [0, 0.05) is 6.42 Å². The zero-order chi connectivity index (χ0) is 12.4. The van der Waals surface area contributed by atoms with E-state index in [2.05, 4.69) is 15.4 Å². The Labute approximate surface area is 100 Å². The first-order valence-electron chi connectivity index (χ1n) is 5.55. The Morgan fingerprint density at radius 2 is 2.12 bits per heavy atom. The second kappa shape index (κ2) is 4.63. The number of aromatic nitrogens is 4. The van der Waals surface area contributed by atoms with Crippen LogP contribution in [0.2, 0.25) is 0 Å². The lowest BCUT2D eigenvalue weighted by Crippen LogP contribution is -2.06. The molecule has 0 aliphatic heterocycles. The molecule has 5 heteroatoms. The first kappa shape index (κ1) is 11.7. The molecule has 90 valence electrons. The summed E-state index contributed by atoms with van der Waals surface area (Å²) in [6, 6.07) is 5.92. The Kier molecular flexibility index (Phi) is 3.19. The van der Waals surface area contributed by atoms with E-state index in [1.807, 2.05) is 32.0 Å². The zero-order valence-corrected chi connectivity index (χ0v) is 10.3. The molecular formula is C12H16N4O. The zero-order valence-electron chi connectivity index (χ0n) is 10.3. The summed E-state index contributed by atoms with van der Waals surface area (Å²) >= 11 is 0. The Hall–Kier alpha value is -1.75. The van der Waals surface area contributed by atoms with Gasteiger partial charge < -0.3 is 5.11 Å². The molecule has 1 unspecified atom stereocenters. The number of aryl methyl sites for hydroxylation is 2. The third-order valence-corrected chi connectivity index (χ3v) is 2.93. The van der Waals surface area contributed by atoms with Crippen molar-refractivity contribution in [1.82, 2.24) is 20.2 Å². The van der Waals surface area contributed by atoms with E-state index in [0.717, 1.165) is 11.1 Å². The number of aliphatic hydroxyl groups is 1. The van der Waals surface area contributed by atoms with Crippen LogP contribution in [0.5, 0.6) is 0 Å². The maximum Gasteiger partial charge on any atom is 0.177 e. The number of benzene rings is 1. The maximum atomic E-state index is 10.2. The molecule has 0 aliphatic rings. The number of tetrazole rings is 1. The first-order valence-corrected chi connectivity index (χ1v) is 5.55. The summed E-state index contributed by atoms with van der Waals surface area (Å²) in [5, 5.41) is 21.9. The van der Waals surface area contributed by atoms with Crippen molar-refractivity contribution in [2.75, 3.05) is 0 Å². The predicted octanol–water partition coefficient (Wildman–Crippen LogP) is 1.10. The van der Waals surface area contributed by atoms with Gasteiger partial charge in [-0.1, -0.05) is 18.2 Å². The molecule has 0 bridgehead atoms. The molecule has 0 saturated carbocycles. The number of nitrogens with zero attached hydrogens (tertiary/aromatic N) is 4. The summed E-state index contributed by atoms with van der Waals surface area (Å²) in [4.78, 5) is 1.39. The number of aliphatic hydroxyl groups excluding tert-OH is 1. The number of hydrogen-bond acceptors (Lipinski definition) is 4. The molecule has 17 heavy (non-hydrogen) atoms. The van der Waals surface area contributed by atoms with Gasteiger partial charge in [0.25, 0.3) is 0 Å². The molecule has 0 amide bonds. The van der Waals surface area contributed by atoms with Gasteiger partial charge in [0.05, 0.1) is 13.2 Å². The highest BCUT2D eigenvalue weighted by molar-refractivity contribution is 5.34. The van der Waals surface area contributed by atoms with Crippen LogP contribution in [0.1, 0.15) is 28.6 Å². The van der Waals surface area contributed by atoms with Crippen LogP contribution in [0.4, 0.5) is 0 Å². The molecule has 1 heterocycles. The van der Waals surface area contributed by atoms with Gasteiger partial charge in [0.1, 0.15) is 0 Å². The molecule has 5 nitrogen and oxygen atoms in total. The topological polar surface area (TPSA) is 63.8 Å². The second-order valence-corrected chi connectivity index (χ2v) is 4.20. The van der Waals surface area contributed by atoms with Crippen molar-refractivity contribution in [3.8, 4) is 0 Å². The van der Waals surface area contributed by atoms with Crippen molar-refractivity contribution >= 4 is 0 Å². The van der Waals surface area contributed by atoms with Crippen molar-refractivity contribution in [2.45, 2.75) is 26.4 Å². The molecule has 0 fully saturated rings. The molecule has 2 aromatic rings. The van der Waals surface area contributed by atoms with Crippen molar-refractivity contribution in [3.63, 3.8) is 0 Å². The van der Waals surface area contributed by atoms with Crippen LogP contribution >= 0.6 is 0 Å². The van der Waals surface area contributed by atoms with Crippen LogP contribution in [0.25, 0.3) is 0 Å². The van der Waals surface area contributed by atoms with E-state index in [0.29, 0.717) is 12.2 Å². The van der Waals surface area contributed by atoms with Gasteiger partial charge in [-0.2, -0.15) is 4.80 Å². The fraction of sp³-hybridized carbons (Fsp3) is 0.417. The Morgan fingerprint density at radius 1 is 1.35 bits per heavy atom. The summed E-state index contributed by atoms with van der Waals surface area (Å²) in [7, 11) is 1.71. The van der Waals surface area contributed by atoms with Crippen molar-refractivity contribution in [1.29, 1.82) is 0 Å². The minimum Gasteiger partial charge on any atom is -0.388 e. The lowest BCUT2D eigenvalue weighted by molar-refractivity contribution is 0.175. The van der Waals surface area contributed by atoms with E-state index >= 15 is 0 Å². The molecule has 1 aromatic heterocycles. The molecular weight excluding hydrogens is 216 g/mol. The Morgan fingerprint density at radius 3 is 2.76 bits per heavy atom. The molecule has 1 aromatic carbocycles. The van der Waals surface area contributed by atoms with Crippen LogP contribution in [-0.4, -0.2) is 25.3 Å². The molecule has 1 atom stereocenters. The summed E-state index contributed by atoms with van der Waals surface area (Å²) in [5.41, 5.74) is 3.22. The molecule has 0 spiro atoms. The fourth-order valence-corrected chi connectivity index (χ4v) is 1.82. The largest absolute Gasteiger partial charge is 0.388 e. The predicted molar refractivity (Wildman–Crippen MR) is 63.4 cm³/mol. The highest BCUT2D eigenvalue weighted by Gasteiger charge is 2.14. The average molecular weight is 232 g/mol. The Bertz CT molecular complexity index is 521. The average Bonchev–Trinajstić information content (AvgIpc) is 2.68. The van der Waals surface area contributed by atoms with Crippen LogP contribution in [0.3, 0.4) is 0 Å². The van der Waals surface area contributed by atoms with Crippen LogP contribution < -0.4 is 0 Å².